The quantitative estimate of drug-likeness (QED) is 0.906. The van der Waals surface area contributed by atoms with Crippen LogP contribution in [0.5, 0.6) is 0 Å². The highest BCUT2D eigenvalue weighted by Crippen LogP contribution is 2.14. The third-order valence-corrected chi connectivity index (χ3v) is 3.08. The van der Waals surface area contributed by atoms with Crippen LogP contribution in [0.15, 0.2) is 0 Å². The predicted octanol–water partition coefficient (Wildman–Crippen LogP) is 1.72. The Morgan fingerprint density at radius 1 is 0.947 bits per heavy atom. The van der Waals surface area contributed by atoms with Gasteiger partial charge >= 0.3 is 0 Å². The Morgan fingerprint density at radius 2 is 1.68 bits per heavy atom. The molecule has 0 aliphatic heterocycles. The first kappa shape index (κ1) is 13.5. The van der Waals surface area contributed by atoms with Gasteiger partial charge in [-0.15, -0.1) is 0 Å². The van der Waals surface area contributed by atoms with E-state index in [0.717, 1.165) is 47.6 Å². The number of anilines is 1. The van der Waals surface area contributed by atoms with Crippen molar-refractivity contribution in [3.63, 3.8) is 0 Å². The van der Waals surface area contributed by atoms with E-state index in [4.69, 9.17) is 0 Å². The maximum absolute atomic E-state index is 4.42. The Labute approximate surface area is 113 Å². The standard InChI is InChI=1S/C13H20N6/c1-8-9(2)15-10(3)17-13(8)14-6-7-19-12(5)16-11(4)18-19/h6-7H2,1-5H3,(H,14,15,17). The van der Waals surface area contributed by atoms with Crippen molar-refractivity contribution < 1.29 is 0 Å². The van der Waals surface area contributed by atoms with Crippen molar-refractivity contribution in [2.24, 2.45) is 0 Å². The minimum absolute atomic E-state index is 0.764. The molecule has 2 rings (SSSR count). The van der Waals surface area contributed by atoms with Gasteiger partial charge in [0.05, 0.1) is 6.54 Å². The predicted molar refractivity (Wildman–Crippen MR) is 74.2 cm³/mol. The van der Waals surface area contributed by atoms with Gasteiger partial charge in [0.2, 0.25) is 0 Å². The number of hydrogen-bond donors (Lipinski definition) is 1. The van der Waals surface area contributed by atoms with E-state index in [9.17, 15) is 0 Å². The Bertz CT molecular complexity index is 587. The SMILES string of the molecule is Cc1nc(C)c(C)c(NCCn2nc(C)nc2C)n1. The maximum Gasteiger partial charge on any atom is 0.147 e. The zero-order valence-electron chi connectivity index (χ0n) is 12.2. The van der Waals surface area contributed by atoms with Crippen molar-refractivity contribution in [1.82, 2.24) is 24.7 Å². The molecule has 2 heterocycles. The van der Waals surface area contributed by atoms with Gasteiger partial charge in [-0.2, -0.15) is 5.10 Å². The minimum atomic E-state index is 0.764. The van der Waals surface area contributed by atoms with Crippen LogP contribution in [0, 0.1) is 34.6 Å². The van der Waals surface area contributed by atoms with Gasteiger partial charge in [-0.1, -0.05) is 0 Å². The molecule has 0 atom stereocenters. The van der Waals surface area contributed by atoms with Gasteiger partial charge in [0.15, 0.2) is 0 Å². The summed E-state index contributed by atoms with van der Waals surface area (Å²) in [5.74, 6) is 3.44. The molecular formula is C13H20N6. The van der Waals surface area contributed by atoms with Crippen molar-refractivity contribution >= 4 is 5.82 Å². The maximum atomic E-state index is 4.42. The summed E-state index contributed by atoms with van der Waals surface area (Å²) in [7, 11) is 0. The average molecular weight is 260 g/mol. The van der Waals surface area contributed by atoms with Crippen LogP contribution < -0.4 is 5.32 Å². The van der Waals surface area contributed by atoms with Crippen LogP contribution >= 0.6 is 0 Å². The molecule has 0 aromatic carbocycles. The largest absolute Gasteiger partial charge is 0.368 e. The van der Waals surface area contributed by atoms with E-state index in [1.807, 2.05) is 39.3 Å². The third kappa shape index (κ3) is 3.07. The lowest BCUT2D eigenvalue weighted by Crippen LogP contribution is -2.15. The van der Waals surface area contributed by atoms with Gasteiger partial charge in [0.25, 0.3) is 0 Å². The summed E-state index contributed by atoms with van der Waals surface area (Å²) in [5, 5.41) is 7.67. The molecule has 0 saturated carbocycles. The topological polar surface area (TPSA) is 68.5 Å². The molecule has 6 heteroatoms. The molecule has 0 spiro atoms. The summed E-state index contributed by atoms with van der Waals surface area (Å²) in [6.07, 6.45) is 0. The molecule has 0 aliphatic rings. The van der Waals surface area contributed by atoms with E-state index < -0.39 is 0 Å². The van der Waals surface area contributed by atoms with Crippen molar-refractivity contribution in [3.05, 3.63) is 28.7 Å². The zero-order chi connectivity index (χ0) is 14.0. The molecule has 2 aromatic heterocycles. The van der Waals surface area contributed by atoms with Gasteiger partial charge in [0.1, 0.15) is 23.3 Å². The summed E-state index contributed by atoms with van der Waals surface area (Å²) in [5.41, 5.74) is 2.11. The normalized spacial score (nSPS) is 10.8. The Morgan fingerprint density at radius 3 is 2.32 bits per heavy atom. The number of aryl methyl sites for hydroxylation is 4. The second kappa shape index (κ2) is 5.34. The van der Waals surface area contributed by atoms with Crippen LogP contribution in [-0.2, 0) is 6.54 Å². The van der Waals surface area contributed by atoms with Crippen molar-refractivity contribution in [3.8, 4) is 0 Å². The molecule has 102 valence electrons. The van der Waals surface area contributed by atoms with E-state index in [2.05, 4.69) is 25.4 Å². The molecule has 0 fully saturated rings. The molecule has 0 aliphatic carbocycles. The second-order valence-electron chi connectivity index (χ2n) is 4.69. The lowest BCUT2D eigenvalue weighted by atomic mass is 10.2. The number of nitrogens with zero attached hydrogens (tertiary/aromatic N) is 5. The monoisotopic (exact) mass is 260 g/mol. The molecule has 0 unspecified atom stereocenters. The molecule has 1 N–H and O–H groups in total. The summed E-state index contributed by atoms with van der Waals surface area (Å²) in [6, 6.07) is 0. The van der Waals surface area contributed by atoms with Crippen molar-refractivity contribution in [1.29, 1.82) is 0 Å². The third-order valence-electron chi connectivity index (χ3n) is 3.08. The van der Waals surface area contributed by atoms with Gasteiger partial charge in [-0.05, 0) is 34.6 Å². The van der Waals surface area contributed by atoms with Crippen LogP contribution in [0.1, 0.15) is 28.7 Å². The highest BCUT2D eigenvalue weighted by Gasteiger charge is 2.06. The minimum Gasteiger partial charge on any atom is -0.368 e. The molecule has 19 heavy (non-hydrogen) atoms. The number of aromatic nitrogens is 5. The highest BCUT2D eigenvalue weighted by atomic mass is 15.3. The first-order chi connectivity index (χ1) is 8.97. The fraction of sp³-hybridized carbons (Fsp3) is 0.538. The summed E-state index contributed by atoms with van der Waals surface area (Å²) in [6.45, 7) is 11.3. The van der Waals surface area contributed by atoms with Gasteiger partial charge < -0.3 is 5.32 Å². The second-order valence-corrected chi connectivity index (χ2v) is 4.69. The highest BCUT2D eigenvalue weighted by molar-refractivity contribution is 5.45. The van der Waals surface area contributed by atoms with Crippen LogP contribution in [0.25, 0.3) is 0 Å². The smallest absolute Gasteiger partial charge is 0.147 e. The number of nitrogens with one attached hydrogen (secondary N) is 1. The molecule has 0 bridgehead atoms. The van der Waals surface area contributed by atoms with E-state index >= 15 is 0 Å². The lowest BCUT2D eigenvalue weighted by Gasteiger charge is -2.11. The van der Waals surface area contributed by atoms with Crippen molar-refractivity contribution in [2.45, 2.75) is 41.2 Å². The summed E-state index contributed by atoms with van der Waals surface area (Å²) in [4.78, 5) is 13.0. The Balaban J connectivity index is 2.02. The van der Waals surface area contributed by atoms with Gasteiger partial charge in [0, 0.05) is 17.8 Å². The van der Waals surface area contributed by atoms with E-state index in [0.29, 0.717) is 0 Å². The van der Waals surface area contributed by atoms with Crippen molar-refractivity contribution in [2.75, 3.05) is 11.9 Å². The molecular weight excluding hydrogens is 240 g/mol. The fourth-order valence-electron chi connectivity index (χ4n) is 1.99. The first-order valence-corrected chi connectivity index (χ1v) is 6.41. The summed E-state index contributed by atoms with van der Waals surface area (Å²) >= 11 is 0. The van der Waals surface area contributed by atoms with Gasteiger partial charge in [-0.25, -0.2) is 19.6 Å². The number of hydrogen-bond acceptors (Lipinski definition) is 5. The van der Waals surface area contributed by atoms with E-state index in [-0.39, 0.29) is 0 Å². The number of rotatable bonds is 4. The van der Waals surface area contributed by atoms with Crippen LogP contribution in [0.2, 0.25) is 0 Å². The fourth-order valence-corrected chi connectivity index (χ4v) is 1.99. The molecule has 0 amide bonds. The molecule has 0 radical (unpaired) electrons. The van der Waals surface area contributed by atoms with Gasteiger partial charge in [-0.3, -0.25) is 0 Å². The Hall–Kier alpha value is -1.98. The van der Waals surface area contributed by atoms with Crippen LogP contribution in [-0.4, -0.2) is 31.3 Å². The zero-order valence-corrected chi connectivity index (χ0v) is 12.2. The van der Waals surface area contributed by atoms with E-state index in [1.165, 1.54) is 0 Å². The van der Waals surface area contributed by atoms with E-state index in [1.54, 1.807) is 0 Å². The molecule has 2 aromatic rings. The average Bonchev–Trinajstić information content (AvgIpc) is 2.64. The first-order valence-electron chi connectivity index (χ1n) is 6.41. The summed E-state index contributed by atoms with van der Waals surface area (Å²) < 4.78 is 1.90. The molecule has 0 saturated heterocycles. The van der Waals surface area contributed by atoms with Crippen LogP contribution in [0.4, 0.5) is 5.82 Å². The Kier molecular flexibility index (Phi) is 3.78. The van der Waals surface area contributed by atoms with Crippen LogP contribution in [0.3, 0.4) is 0 Å². The molecule has 6 nitrogen and oxygen atoms in total. The lowest BCUT2D eigenvalue weighted by molar-refractivity contribution is 0.611.